The molecule has 0 unspecified atom stereocenters. The van der Waals surface area contributed by atoms with Crippen LogP contribution in [0.15, 0.2) is 23.5 Å². The SMILES string of the molecule is COC1=CCC(=S)C=C1C(C)C. The first-order valence-corrected chi connectivity index (χ1v) is 4.55. The number of rotatable bonds is 2. The fraction of sp³-hybridized carbons (Fsp3) is 0.500. The van der Waals surface area contributed by atoms with E-state index < -0.39 is 0 Å². The van der Waals surface area contributed by atoms with Gasteiger partial charge in [0.15, 0.2) is 0 Å². The standard InChI is InChI=1S/C10H14OS/c1-7(2)9-6-8(12)4-5-10(9)11-3/h5-7H,4H2,1-3H3. The van der Waals surface area contributed by atoms with Crippen molar-refractivity contribution in [3.05, 3.63) is 23.5 Å². The Labute approximate surface area is 79.1 Å². The average Bonchev–Trinajstić information content (AvgIpc) is 2.04. The normalized spacial score (nSPS) is 17.5. The molecule has 0 radical (unpaired) electrons. The van der Waals surface area contributed by atoms with E-state index in [1.165, 1.54) is 5.57 Å². The van der Waals surface area contributed by atoms with Crippen molar-refractivity contribution in [1.29, 1.82) is 0 Å². The molecule has 0 saturated carbocycles. The van der Waals surface area contributed by atoms with Crippen molar-refractivity contribution < 1.29 is 4.74 Å². The zero-order chi connectivity index (χ0) is 9.14. The Bertz CT molecular complexity index is 249. The van der Waals surface area contributed by atoms with Gasteiger partial charge in [-0.3, -0.25) is 0 Å². The van der Waals surface area contributed by atoms with Gasteiger partial charge in [-0.15, -0.1) is 0 Å². The summed E-state index contributed by atoms with van der Waals surface area (Å²) in [4.78, 5) is 1.000. The predicted molar refractivity (Wildman–Crippen MR) is 55.2 cm³/mol. The van der Waals surface area contributed by atoms with E-state index in [4.69, 9.17) is 17.0 Å². The molecule has 1 rings (SSSR count). The lowest BCUT2D eigenvalue weighted by Crippen LogP contribution is -2.07. The number of methoxy groups -OCH3 is 1. The van der Waals surface area contributed by atoms with Crippen molar-refractivity contribution in [1.82, 2.24) is 0 Å². The van der Waals surface area contributed by atoms with Gasteiger partial charge in [-0.05, 0) is 23.6 Å². The lowest BCUT2D eigenvalue weighted by Gasteiger charge is -2.18. The maximum atomic E-state index is 5.25. The highest BCUT2D eigenvalue weighted by Gasteiger charge is 2.14. The van der Waals surface area contributed by atoms with Crippen LogP contribution in [0.2, 0.25) is 0 Å². The Morgan fingerprint density at radius 1 is 1.50 bits per heavy atom. The summed E-state index contributed by atoms with van der Waals surface area (Å²) in [5.74, 6) is 1.47. The third-order valence-electron chi connectivity index (χ3n) is 1.93. The van der Waals surface area contributed by atoms with Gasteiger partial charge in [0.25, 0.3) is 0 Å². The minimum absolute atomic E-state index is 0.481. The minimum atomic E-state index is 0.481. The Kier molecular flexibility index (Phi) is 3.04. The average molecular weight is 182 g/mol. The van der Waals surface area contributed by atoms with Crippen molar-refractivity contribution in [3.8, 4) is 0 Å². The molecule has 0 heterocycles. The lowest BCUT2D eigenvalue weighted by atomic mass is 9.95. The second kappa shape index (κ2) is 3.85. The molecule has 66 valence electrons. The molecule has 2 heteroatoms. The molecule has 0 aromatic heterocycles. The van der Waals surface area contributed by atoms with Crippen LogP contribution >= 0.6 is 12.2 Å². The van der Waals surface area contributed by atoms with Crippen LogP contribution in [0.4, 0.5) is 0 Å². The molecule has 0 aliphatic heterocycles. The largest absolute Gasteiger partial charge is 0.497 e. The van der Waals surface area contributed by atoms with Crippen molar-refractivity contribution >= 4 is 17.1 Å². The summed E-state index contributed by atoms with van der Waals surface area (Å²) in [6.07, 6.45) is 4.95. The van der Waals surface area contributed by atoms with Gasteiger partial charge in [0, 0.05) is 11.3 Å². The minimum Gasteiger partial charge on any atom is -0.497 e. The van der Waals surface area contributed by atoms with Gasteiger partial charge in [-0.1, -0.05) is 26.1 Å². The Balaban J connectivity index is 2.90. The van der Waals surface area contributed by atoms with Crippen molar-refractivity contribution in [3.63, 3.8) is 0 Å². The van der Waals surface area contributed by atoms with Crippen LogP contribution in [0.5, 0.6) is 0 Å². The summed E-state index contributed by atoms with van der Waals surface area (Å²) in [6, 6.07) is 0. The maximum absolute atomic E-state index is 5.25. The summed E-state index contributed by atoms with van der Waals surface area (Å²) in [5.41, 5.74) is 1.22. The van der Waals surface area contributed by atoms with E-state index in [-0.39, 0.29) is 0 Å². The molecule has 1 aliphatic carbocycles. The van der Waals surface area contributed by atoms with Gasteiger partial charge in [0.1, 0.15) is 5.76 Å². The highest BCUT2D eigenvalue weighted by atomic mass is 32.1. The highest BCUT2D eigenvalue weighted by molar-refractivity contribution is 7.80. The van der Waals surface area contributed by atoms with Gasteiger partial charge < -0.3 is 4.74 Å². The first-order valence-electron chi connectivity index (χ1n) is 4.14. The summed E-state index contributed by atoms with van der Waals surface area (Å²) in [5, 5.41) is 0. The molecule has 1 nitrogen and oxygen atoms in total. The van der Waals surface area contributed by atoms with Gasteiger partial charge >= 0.3 is 0 Å². The van der Waals surface area contributed by atoms with E-state index in [1.54, 1.807) is 7.11 Å². The topological polar surface area (TPSA) is 9.23 Å². The van der Waals surface area contributed by atoms with Gasteiger partial charge in [0.2, 0.25) is 0 Å². The zero-order valence-corrected chi connectivity index (χ0v) is 8.57. The van der Waals surface area contributed by atoms with E-state index >= 15 is 0 Å². The van der Waals surface area contributed by atoms with Gasteiger partial charge in [-0.2, -0.15) is 0 Å². The number of thiocarbonyl (C=S) groups is 1. The second-order valence-electron chi connectivity index (χ2n) is 3.20. The lowest BCUT2D eigenvalue weighted by molar-refractivity contribution is 0.292. The van der Waals surface area contributed by atoms with Crippen molar-refractivity contribution in [2.75, 3.05) is 7.11 Å². The molecule has 0 amide bonds. The third kappa shape index (κ3) is 1.95. The van der Waals surface area contributed by atoms with Crippen molar-refractivity contribution in [2.45, 2.75) is 20.3 Å². The van der Waals surface area contributed by atoms with E-state index in [9.17, 15) is 0 Å². The fourth-order valence-electron chi connectivity index (χ4n) is 1.27. The summed E-state index contributed by atoms with van der Waals surface area (Å²) in [7, 11) is 1.70. The van der Waals surface area contributed by atoms with E-state index in [1.807, 2.05) is 0 Å². The van der Waals surface area contributed by atoms with Crippen LogP contribution in [0.1, 0.15) is 20.3 Å². The van der Waals surface area contributed by atoms with Crippen LogP contribution in [0, 0.1) is 5.92 Å². The first kappa shape index (κ1) is 9.46. The smallest absolute Gasteiger partial charge is 0.118 e. The summed E-state index contributed by atoms with van der Waals surface area (Å²) in [6.45, 7) is 4.29. The van der Waals surface area contributed by atoms with Gasteiger partial charge in [0.05, 0.1) is 7.11 Å². The molecule has 0 N–H and O–H groups in total. The Morgan fingerprint density at radius 3 is 2.67 bits per heavy atom. The Hall–Kier alpha value is -0.630. The van der Waals surface area contributed by atoms with E-state index in [0.717, 1.165) is 17.0 Å². The van der Waals surface area contributed by atoms with Crippen molar-refractivity contribution in [2.24, 2.45) is 5.92 Å². The van der Waals surface area contributed by atoms with Crippen LogP contribution in [-0.4, -0.2) is 12.0 Å². The molecule has 12 heavy (non-hydrogen) atoms. The van der Waals surface area contributed by atoms with Crippen LogP contribution in [-0.2, 0) is 4.74 Å². The quantitative estimate of drug-likeness (QED) is 0.607. The van der Waals surface area contributed by atoms with Gasteiger partial charge in [-0.25, -0.2) is 0 Å². The van der Waals surface area contributed by atoms with Crippen LogP contribution in [0.3, 0.4) is 0 Å². The molecular formula is C10H14OS. The number of ether oxygens (including phenoxy) is 1. The molecule has 0 saturated heterocycles. The molecule has 0 bridgehead atoms. The third-order valence-corrected chi connectivity index (χ3v) is 2.22. The molecule has 1 aliphatic rings. The molecular weight excluding hydrogens is 168 g/mol. The number of hydrogen-bond donors (Lipinski definition) is 0. The highest BCUT2D eigenvalue weighted by Crippen LogP contribution is 2.24. The molecule has 0 spiro atoms. The zero-order valence-electron chi connectivity index (χ0n) is 7.76. The predicted octanol–water partition coefficient (Wildman–Crippen LogP) is 2.87. The molecule has 0 aromatic rings. The van der Waals surface area contributed by atoms with E-state index in [2.05, 4.69) is 26.0 Å². The second-order valence-corrected chi connectivity index (χ2v) is 3.72. The van der Waals surface area contributed by atoms with Crippen LogP contribution in [0.25, 0.3) is 0 Å². The molecule has 0 atom stereocenters. The fourth-order valence-corrected chi connectivity index (χ4v) is 1.48. The Morgan fingerprint density at radius 2 is 2.17 bits per heavy atom. The summed E-state index contributed by atoms with van der Waals surface area (Å²) >= 11 is 5.13. The van der Waals surface area contributed by atoms with Crippen LogP contribution < -0.4 is 0 Å². The summed E-state index contributed by atoms with van der Waals surface area (Å²) < 4.78 is 5.25. The molecule has 0 fully saturated rings. The number of allylic oxidation sites excluding steroid dienone is 3. The monoisotopic (exact) mass is 182 g/mol. The molecule has 0 aromatic carbocycles. The maximum Gasteiger partial charge on any atom is 0.118 e. The first-order chi connectivity index (χ1) is 5.65. The van der Waals surface area contributed by atoms with E-state index in [0.29, 0.717) is 5.92 Å². The number of hydrogen-bond acceptors (Lipinski definition) is 2.